The van der Waals surface area contributed by atoms with Crippen LogP contribution in [0.3, 0.4) is 0 Å². The van der Waals surface area contributed by atoms with Crippen molar-refractivity contribution < 1.29 is 4.79 Å². The molecule has 3 aromatic rings. The van der Waals surface area contributed by atoms with E-state index in [1.165, 1.54) is 22.5 Å². The summed E-state index contributed by atoms with van der Waals surface area (Å²) in [5.74, 6) is -0.123. The number of carbonyl (C=O) groups is 1. The molecule has 0 fully saturated rings. The quantitative estimate of drug-likeness (QED) is 0.586. The number of hydrogen-bond acceptors (Lipinski definition) is 4. The molecule has 1 heterocycles. The fourth-order valence-electron chi connectivity index (χ4n) is 2.71. The zero-order valence-electron chi connectivity index (χ0n) is 16.7. The number of nitrogens with one attached hydrogen (secondary N) is 1. The molecule has 1 amide bonds. The smallest absolute Gasteiger partial charge is 0.271 e. The standard InChI is InChI=1S/C22H22ClN3O2S/c1-13-6-5-7-19(15(13)3)24-22(28)16(4)29-20-10-11-21(27)26(25-20)17-9-8-14(2)18(23)12-17/h5-12,16H,1-4H3,(H,24,28). The number of nitrogens with zero attached hydrogens (tertiary/aromatic N) is 2. The van der Waals surface area contributed by atoms with Gasteiger partial charge in [0.1, 0.15) is 5.03 Å². The first kappa shape index (κ1) is 21.1. The van der Waals surface area contributed by atoms with Crippen LogP contribution in [0.15, 0.2) is 58.4 Å². The van der Waals surface area contributed by atoms with Crippen LogP contribution < -0.4 is 10.9 Å². The molecule has 0 spiro atoms. The average molecular weight is 428 g/mol. The first-order valence-corrected chi connectivity index (χ1v) is 10.4. The Balaban J connectivity index is 1.79. The number of rotatable bonds is 5. The molecule has 0 radical (unpaired) electrons. The molecule has 0 aliphatic rings. The summed E-state index contributed by atoms with van der Waals surface area (Å²) < 4.78 is 1.29. The number of halogens is 1. The minimum Gasteiger partial charge on any atom is -0.325 e. The van der Waals surface area contributed by atoms with Crippen molar-refractivity contribution in [2.75, 3.05) is 5.32 Å². The second-order valence-electron chi connectivity index (χ2n) is 6.85. The Morgan fingerprint density at radius 3 is 2.59 bits per heavy atom. The summed E-state index contributed by atoms with van der Waals surface area (Å²) in [6.07, 6.45) is 0. The maximum Gasteiger partial charge on any atom is 0.271 e. The highest BCUT2D eigenvalue weighted by Crippen LogP contribution is 2.24. The fraction of sp³-hybridized carbons (Fsp3) is 0.227. The van der Waals surface area contributed by atoms with Crippen LogP contribution >= 0.6 is 23.4 Å². The van der Waals surface area contributed by atoms with Gasteiger partial charge in [-0.3, -0.25) is 9.59 Å². The van der Waals surface area contributed by atoms with Crippen LogP contribution in [-0.4, -0.2) is 20.9 Å². The Labute approximate surface area is 179 Å². The summed E-state index contributed by atoms with van der Waals surface area (Å²) in [6, 6.07) is 14.2. The van der Waals surface area contributed by atoms with Crippen molar-refractivity contribution in [2.24, 2.45) is 0 Å². The maximum atomic E-state index is 12.6. The summed E-state index contributed by atoms with van der Waals surface area (Å²) in [5.41, 5.74) is 4.21. The molecule has 1 atom stereocenters. The number of aryl methyl sites for hydroxylation is 2. The second kappa shape index (κ2) is 8.84. The van der Waals surface area contributed by atoms with Gasteiger partial charge in [0, 0.05) is 16.8 Å². The van der Waals surface area contributed by atoms with Gasteiger partial charge in [0.05, 0.1) is 10.9 Å². The third kappa shape index (κ3) is 4.89. The molecule has 0 aliphatic carbocycles. The van der Waals surface area contributed by atoms with Gasteiger partial charge >= 0.3 is 0 Å². The zero-order valence-corrected chi connectivity index (χ0v) is 18.3. The van der Waals surface area contributed by atoms with Crippen molar-refractivity contribution in [2.45, 2.75) is 38.0 Å². The van der Waals surface area contributed by atoms with Gasteiger partial charge in [-0.2, -0.15) is 9.78 Å². The average Bonchev–Trinajstić information content (AvgIpc) is 2.69. The van der Waals surface area contributed by atoms with Crippen LogP contribution in [0.5, 0.6) is 0 Å². The van der Waals surface area contributed by atoms with Gasteiger partial charge in [0.15, 0.2) is 0 Å². The van der Waals surface area contributed by atoms with Crippen LogP contribution in [0.1, 0.15) is 23.6 Å². The zero-order chi connectivity index (χ0) is 21.1. The summed E-state index contributed by atoms with van der Waals surface area (Å²) >= 11 is 7.47. The van der Waals surface area contributed by atoms with Crippen LogP contribution in [0.25, 0.3) is 5.69 Å². The first-order chi connectivity index (χ1) is 13.8. The monoisotopic (exact) mass is 427 g/mol. The summed E-state index contributed by atoms with van der Waals surface area (Å²) in [7, 11) is 0. The van der Waals surface area contributed by atoms with Crippen LogP contribution in [-0.2, 0) is 4.79 Å². The Hall–Kier alpha value is -2.57. The van der Waals surface area contributed by atoms with E-state index in [1.54, 1.807) is 18.2 Å². The molecule has 1 unspecified atom stereocenters. The van der Waals surface area contributed by atoms with Crippen molar-refractivity contribution in [1.29, 1.82) is 0 Å². The van der Waals surface area contributed by atoms with Crippen molar-refractivity contribution >= 4 is 35.0 Å². The summed E-state index contributed by atoms with van der Waals surface area (Å²) in [5, 5.41) is 8.12. The Morgan fingerprint density at radius 1 is 1.10 bits per heavy atom. The van der Waals surface area contributed by atoms with E-state index in [4.69, 9.17) is 11.6 Å². The van der Waals surface area contributed by atoms with Gasteiger partial charge in [-0.05, 0) is 68.7 Å². The summed E-state index contributed by atoms with van der Waals surface area (Å²) in [4.78, 5) is 24.9. The highest BCUT2D eigenvalue weighted by molar-refractivity contribution is 8.00. The van der Waals surface area contributed by atoms with E-state index < -0.39 is 5.25 Å². The van der Waals surface area contributed by atoms with Gasteiger partial charge in [-0.15, -0.1) is 0 Å². The largest absolute Gasteiger partial charge is 0.325 e. The number of hydrogen-bond donors (Lipinski definition) is 1. The minimum atomic E-state index is -0.394. The molecular formula is C22H22ClN3O2S. The third-order valence-electron chi connectivity index (χ3n) is 4.71. The number of aromatic nitrogens is 2. The van der Waals surface area contributed by atoms with Crippen LogP contribution in [0.2, 0.25) is 5.02 Å². The molecule has 7 heteroatoms. The Bertz CT molecular complexity index is 1130. The third-order valence-corrected chi connectivity index (χ3v) is 6.14. The van der Waals surface area contributed by atoms with Crippen molar-refractivity contribution in [3.8, 4) is 5.69 Å². The Morgan fingerprint density at radius 2 is 1.86 bits per heavy atom. The lowest BCUT2D eigenvalue weighted by Crippen LogP contribution is -2.24. The lowest BCUT2D eigenvalue weighted by Gasteiger charge is -2.15. The molecule has 1 aromatic heterocycles. The number of carbonyl (C=O) groups excluding carboxylic acids is 1. The predicted molar refractivity (Wildman–Crippen MR) is 119 cm³/mol. The van der Waals surface area contributed by atoms with Crippen LogP contribution in [0.4, 0.5) is 5.69 Å². The fourth-order valence-corrected chi connectivity index (χ4v) is 3.69. The number of benzene rings is 2. The molecule has 0 bridgehead atoms. The first-order valence-electron chi connectivity index (χ1n) is 9.17. The lowest BCUT2D eigenvalue weighted by atomic mass is 10.1. The number of thioether (sulfide) groups is 1. The van der Waals surface area contributed by atoms with Gasteiger partial charge in [-0.25, -0.2) is 0 Å². The van der Waals surface area contributed by atoms with E-state index >= 15 is 0 Å². The van der Waals surface area contributed by atoms with Crippen molar-refractivity contribution in [3.63, 3.8) is 0 Å². The van der Waals surface area contributed by atoms with E-state index in [0.717, 1.165) is 22.4 Å². The van der Waals surface area contributed by atoms with E-state index in [2.05, 4.69) is 10.4 Å². The number of anilines is 1. The lowest BCUT2D eigenvalue weighted by molar-refractivity contribution is -0.115. The molecule has 150 valence electrons. The molecule has 0 saturated heterocycles. The molecule has 1 N–H and O–H groups in total. The van der Waals surface area contributed by atoms with Crippen molar-refractivity contribution in [3.05, 3.63) is 80.6 Å². The van der Waals surface area contributed by atoms with E-state index in [-0.39, 0.29) is 11.5 Å². The highest BCUT2D eigenvalue weighted by atomic mass is 35.5. The molecule has 3 rings (SSSR count). The predicted octanol–water partition coefficient (Wildman–Crippen LogP) is 4.93. The van der Waals surface area contributed by atoms with E-state index in [1.807, 2.05) is 52.0 Å². The highest BCUT2D eigenvalue weighted by Gasteiger charge is 2.17. The molecule has 5 nitrogen and oxygen atoms in total. The molecule has 0 aliphatic heterocycles. The van der Waals surface area contributed by atoms with Gasteiger partial charge in [-0.1, -0.05) is 41.6 Å². The topological polar surface area (TPSA) is 64.0 Å². The Kier molecular flexibility index (Phi) is 6.45. The number of amides is 1. The van der Waals surface area contributed by atoms with E-state index in [0.29, 0.717) is 15.7 Å². The van der Waals surface area contributed by atoms with Crippen molar-refractivity contribution in [1.82, 2.24) is 9.78 Å². The molecule has 2 aromatic carbocycles. The van der Waals surface area contributed by atoms with Gasteiger partial charge in [0.2, 0.25) is 5.91 Å². The molecular weight excluding hydrogens is 406 g/mol. The van der Waals surface area contributed by atoms with Gasteiger partial charge in [0.25, 0.3) is 5.56 Å². The minimum absolute atomic E-state index is 0.123. The van der Waals surface area contributed by atoms with Gasteiger partial charge < -0.3 is 5.32 Å². The normalized spacial score (nSPS) is 11.9. The molecule has 29 heavy (non-hydrogen) atoms. The second-order valence-corrected chi connectivity index (χ2v) is 8.62. The van der Waals surface area contributed by atoms with E-state index in [9.17, 15) is 9.59 Å². The maximum absolute atomic E-state index is 12.6. The van der Waals surface area contributed by atoms with Crippen LogP contribution in [0, 0.1) is 20.8 Å². The molecule has 0 saturated carbocycles. The SMILES string of the molecule is Cc1ccc(-n2nc(SC(C)C(=O)Nc3cccc(C)c3C)ccc2=O)cc1Cl. The summed E-state index contributed by atoms with van der Waals surface area (Å²) in [6.45, 7) is 7.69.